The Morgan fingerprint density at radius 1 is 1.24 bits per heavy atom. The number of hydrogen-bond donors (Lipinski definition) is 0. The lowest BCUT2D eigenvalue weighted by molar-refractivity contribution is -0.132. The Labute approximate surface area is 148 Å². The van der Waals surface area contributed by atoms with E-state index in [4.69, 9.17) is 9.47 Å². The molecule has 1 saturated heterocycles. The third-order valence-corrected chi connectivity index (χ3v) is 5.90. The number of nitrogens with zero attached hydrogens (tertiary/aromatic N) is 2. The summed E-state index contributed by atoms with van der Waals surface area (Å²) < 4.78 is 36.2. The lowest BCUT2D eigenvalue weighted by atomic mass is 9.99. The van der Waals surface area contributed by atoms with Crippen molar-refractivity contribution in [2.45, 2.75) is 26.2 Å². The van der Waals surface area contributed by atoms with Crippen LogP contribution in [-0.4, -0.2) is 51.9 Å². The van der Waals surface area contributed by atoms with Crippen molar-refractivity contribution in [2.24, 2.45) is 5.92 Å². The topological polar surface area (TPSA) is 76.2 Å². The highest BCUT2D eigenvalue weighted by Crippen LogP contribution is 2.36. The largest absolute Gasteiger partial charge is 0.454 e. The van der Waals surface area contributed by atoms with Crippen molar-refractivity contribution in [3.63, 3.8) is 0 Å². The molecule has 0 aromatic heterocycles. The number of likely N-dealkylation sites (tertiary alicyclic amines) is 1. The highest BCUT2D eigenvalue weighted by molar-refractivity contribution is 7.92. The normalized spacial score (nSPS) is 17.6. The molecule has 3 rings (SSSR count). The first-order valence-electron chi connectivity index (χ1n) is 8.50. The predicted octanol–water partition coefficient (Wildman–Crippen LogP) is 1.83. The van der Waals surface area contributed by atoms with Gasteiger partial charge in [-0.15, -0.1) is 0 Å². The maximum Gasteiger partial charge on any atom is 0.232 e. The summed E-state index contributed by atoms with van der Waals surface area (Å²) in [4.78, 5) is 14.2. The summed E-state index contributed by atoms with van der Waals surface area (Å²) in [6.45, 7) is 3.94. The molecule has 0 N–H and O–H groups in total. The second-order valence-corrected chi connectivity index (χ2v) is 8.59. The minimum absolute atomic E-state index is 0.00120. The van der Waals surface area contributed by atoms with E-state index < -0.39 is 10.0 Å². The highest BCUT2D eigenvalue weighted by Gasteiger charge is 2.25. The molecule has 8 heteroatoms. The molecule has 2 aliphatic heterocycles. The van der Waals surface area contributed by atoms with Crippen LogP contribution in [0.1, 0.15) is 26.2 Å². The Bertz CT molecular complexity index is 741. The fourth-order valence-electron chi connectivity index (χ4n) is 3.14. The van der Waals surface area contributed by atoms with E-state index in [2.05, 4.69) is 6.92 Å². The van der Waals surface area contributed by atoms with Crippen LogP contribution in [0.5, 0.6) is 11.5 Å². The molecule has 138 valence electrons. The van der Waals surface area contributed by atoms with Gasteiger partial charge >= 0.3 is 0 Å². The van der Waals surface area contributed by atoms with Gasteiger partial charge in [0.2, 0.25) is 22.7 Å². The quantitative estimate of drug-likeness (QED) is 0.792. The summed E-state index contributed by atoms with van der Waals surface area (Å²) in [5, 5.41) is 0. The average Bonchev–Trinajstić information content (AvgIpc) is 3.02. The van der Waals surface area contributed by atoms with Crippen molar-refractivity contribution in [3.8, 4) is 11.5 Å². The van der Waals surface area contributed by atoms with Crippen LogP contribution in [0.15, 0.2) is 18.2 Å². The first-order valence-corrected chi connectivity index (χ1v) is 10.3. The summed E-state index contributed by atoms with van der Waals surface area (Å²) in [5.41, 5.74) is 0.479. The van der Waals surface area contributed by atoms with Crippen molar-refractivity contribution in [2.75, 3.05) is 37.0 Å². The van der Waals surface area contributed by atoms with E-state index in [9.17, 15) is 13.2 Å². The van der Waals surface area contributed by atoms with Crippen molar-refractivity contribution < 1.29 is 22.7 Å². The minimum atomic E-state index is -3.50. The zero-order valence-electron chi connectivity index (χ0n) is 14.6. The summed E-state index contributed by atoms with van der Waals surface area (Å²) in [5.74, 6) is 1.75. The smallest absolute Gasteiger partial charge is 0.232 e. The maximum atomic E-state index is 12.4. The van der Waals surface area contributed by atoms with Crippen LogP contribution in [0.2, 0.25) is 0 Å². The van der Waals surface area contributed by atoms with Crippen LogP contribution in [0.3, 0.4) is 0 Å². The van der Waals surface area contributed by atoms with Crippen LogP contribution in [0, 0.1) is 5.92 Å². The van der Waals surface area contributed by atoms with E-state index in [-0.39, 0.29) is 25.7 Å². The number of ether oxygens (including phenoxy) is 2. The summed E-state index contributed by atoms with van der Waals surface area (Å²) in [7, 11) is -3.50. The van der Waals surface area contributed by atoms with Gasteiger partial charge in [0.05, 0.1) is 11.9 Å². The van der Waals surface area contributed by atoms with E-state index in [1.165, 1.54) is 4.31 Å². The molecule has 2 heterocycles. The Morgan fingerprint density at radius 3 is 2.60 bits per heavy atom. The van der Waals surface area contributed by atoms with E-state index in [0.717, 1.165) is 32.2 Å². The summed E-state index contributed by atoms with van der Waals surface area (Å²) in [6.07, 6.45) is 3.31. The molecule has 0 aliphatic carbocycles. The number of fused-ring (bicyclic) bond motifs is 1. The van der Waals surface area contributed by atoms with E-state index in [1.807, 2.05) is 4.90 Å². The zero-order chi connectivity index (χ0) is 18.0. The van der Waals surface area contributed by atoms with Gasteiger partial charge in [0.15, 0.2) is 11.5 Å². The lowest BCUT2D eigenvalue weighted by Crippen LogP contribution is -2.40. The molecule has 25 heavy (non-hydrogen) atoms. The monoisotopic (exact) mass is 368 g/mol. The second kappa shape index (κ2) is 7.11. The molecular formula is C17H24N2O5S. The van der Waals surface area contributed by atoms with E-state index >= 15 is 0 Å². The Morgan fingerprint density at radius 2 is 1.92 bits per heavy atom. The molecule has 0 bridgehead atoms. The first-order chi connectivity index (χ1) is 11.8. The molecule has 0 unspecified atom stereocenters. The Balaban J connectivity index is 1.69. The van der Waals surface area contributed by atoms with E-state index in [1.54, 1.807) is 18.2 Å². The molecule has 1 amide bonds. The molecule has 1 fully saturated rings. The number of amides is 1. The van der Waals surface area contributed by atoms with Gasteiger partial charge in [-0.2, -0.15) is 0 Å². The third-order valence-electron chi connectivity index (χ3n) is 4.71. The second-order valence-electron chi connectivity index (χ2n) is 6.69. The fraction of sp³-hybridized carbons (Fsp3) is 0.588. The SMILES string of the molecule is CC1CCN(C(=O)CCN(c2ccc3c(c2)OCO3)S(C)(=O)=O)CC1. The van der Waals surface area contributed by atoms with Gasteiger partial charge in [-0.1, -0.05) is 6.92 Å². The van der Waals surface area contributed by atoms with Crippen molar-refractivity contribution in [1.82, 2.24) is 4.90 Å². The molecular weight excluding hydrogens is 344 g/mol. The predicted molar refractivity (Wildman–Crippen MR) is 94.3 cm³/mol. The van der Waals surface area contributed by atoms with Crippen LogP contribution >= 0.6 is 0 Å². The summed E-state index contributed by atoms with van der Waals surface area (Å²) in [6, 6.07) is 4.99. The first kappa shape index (κ1) is 17.8. The van der Waals surface area contributed by atoms with Gasteiger partial charge in [0.25, 0.3) is 0 Å². The fourth-order valence-corrected chi connectivity index (χ4v) is 4.06. The minimum Gasteiger partial charge on any atom is -0.454 e. The van der Waals surface area contributed by atoms with Gasteiger partial charge in [-0.25, -0.2) is 8.42 Å². The molecule has 2 aliphatic rings. The number of sulfonamides is 1. The number of rotatable bonds is 5. The number of benzene rings is 1. The zero-order valence-corrected chi connectivity index (χ0v) is 15.4. The molecule has 1 aromatic rings. The van der Waals surface area contributed by atoms with Gasteiger partial charge in [0.1, 0.15) is 0 Å². The molecule has 0 radical (unpaired) electrons. The average molecular weight is 368 g/mol. The van der Waals surface area contributed by atoms with Gasteiger partial charge < -0.3 is 14.4 Å². The Kier molecular flexibility index (Phi) is 5.08. The van der Waals surface area contributed by atoms with Gasteiger partial charge in [0, 0.05) is 32.1 Å². The summed E-state index contributed by atoms with van der Waals surface area (Å²) >= 11 is 0. The lowest BCUT2D eigenvalue weighted by Gasteiger charge is -2.31. The maximum absolute atomic E-state index is 12.4. The van der Waals surface area contributed by atoms with Crippen LogP contribution < -0.4 is 13.8 Å². The number of piperidine rings is 1. The molecule has 0 atom stereocenters. The van der Waals surface area contributed by atoms with Crippen LogP contribution in [0.25, 0.3) is 0 Å². The third kappa shape index (κ3) is 4.18. The van der Waals surface area contributed by atoms with Crippen molar-refractivity contribution in [1.29, 1.82) is 0 Å². The highest BCUT2D eigenvalue weighted by atomic mass is 32.2. The van der Waals surface area contributed by atoms with Crippen molar-refractivity contribution >= 4 is 21.6 Å². The van der Waals surface area contributed by atoms with Crippen LogP contribution in [-0.2, 0) is 14.8 Å². The van der Waals surface area contributed by atoms with E-state index in [0.29, 0.717) is 23.1 Å². The standard InChI is InChI=1S/C17H24N2O5S/c1-13-5-8-18(9-6-13)17(20)7-10-19(25(2,21)22)14-3-4-15-16(11-14)24-12-23-15/h3-4,11,13H,5-10,12H2,1-2H3. The molecule has 7 nitrogen and oxygen atoms in total. The Hall–Kier alpha value is -1.96. The molecule has 0 spiro atoms. The van der Waals surface area contributed by atoms with Crippen molar-refractivity contribution in [3.05, 3.63) is 18.2 Å². The van der Waals surface area contributed by atoms with Gasteiger partial charge in [-0.3, -0.25) is 9.10 Å². The number of carbonyl (C=O) groups excluding carboxylic acids is 1. The molecule has 1 aromatic carbocycles. The number of anilines is 1. The van der Waals surface area contributed by atoms with Crippen LogP contribution in [0.4, 0.5) is 5.69 Å². The van der Waals surface area contributed by atoms with Gasteiger partial charge in [-0.05, 0) is 30.9 Å². The number of hydrogen-bond acceptors (Lipinski definition) is 5. The molecule has 0 saturated carbocycles. The number of carbonyl (C=O) groups is 1.